The highest BCUT2D eigenvalue weighted by molar-refractivity contribution is 6.30. The van der Waals surface area contributed by atoms with E-state index in [1.54, 1.807) is 24.3 Å². The van der Waals surface area contributed by atoms with Gasteiger partial charge in [0.25, 0.3) is 0 Å². The van der Waals surface area contributed by atoms with E-state index in [2.05, 4.69) is 26.1 Å². The van der Waals surface area contributed by atoms with Gasteiger partial charge in [-0.1, -0.05) is 11.6 Å². The fourth-order valence-electron chi connectivity index (χ4n) is 1.57. The normalized spacial score (nSPS) is 10.0. The molecule has 21 heavy (non-hydrogen) atoms. The van der Waals surface area contributed by atoms with E-state index in [-0.39, 0.29) is 6.03 Å². The molecule has 0 unspecified atom stereocenters. The number of urea groups is 1. The van der Waals surface area contributed by atoms with Crippen molar-refractivity contribution in [2.75, 3.05) is 23.7 Å². The first-order valence-corrected chi connectivity index (χ1v) is 6.86. The van der Waals surface area contributed by atoms with Crippen molar-refractivity contribution in [2.45, 2.75) is 6.92 Å². The van der Waals surface area contributed by atoms with Crippen molar-refractivity contribution in [3.8, 4) is 0 Å². The van der Waals surface area contributed by atoms with Gasteiger partial charge in [-0.25, -0.2) is 4.79 Å². The summed E-state index contributed by atoms with van der Waals surface area (Å²) in [4.78, 5) is 11.6. The Morgan fingerprint density at radius 3 is 2.52 bits per heavy atom. The third-order valence-corrected chi connectivity index (χ3v) is 2.87. The summed E-state index contributed by atoms with van der Waals surface area (Å²) < 4.78 is 0. The van der Waals surface area contributed by atoms with Gasteiger partial charge >= 0.3 is 6.03 Å². The van der Waals surface area contributed by atoms with Gasteiger partial charge in [-0.05, 0) is 43.3 Å². The average molecular weight is 306 g/mol. The van der Waals surface area contributed by atoms with E-state index in [0.717, 1.165) is 5.69 Å². The van der Waals surface area contributed by atoms with Crippen molar-refractivity contribution in [3.05, 3.63) is 47.1 Å². The molecule has 2 rings (SSSR count). The van der Waals surface area contributed by atoms with Crippen LogP contribution in [0.2, 0.25) is 5.02 Å². The molecule has 0 bridgehead atoms. The van der Waals surface area contributed by atoms with Gasteiger partial charge in [0.2, 0.25) is 0 Å². The Labute approximate surface area is 127 Å². The van der Waals surface area contributed by atoms with Gasteiger partial charge in [0.1, 0.15) is 5.82 Å². The highest BCUT2D eigenvalue weighted by Crippen LogP contribution is 2.12. The summed E-state index contributed by atoms with van der Waals surface area (Å²) in [5.74, 6) is 0.681. The third-order valence-electron chi connectivity index (χ3n) is 2.62. The quantitative estimate of drug-likeness (QED) is 0.742. The Morgan fingerprint density at radius 2 is 1.86 bits per heavy atom. The molecule has 2 aromatic rings. The molecule has 0 atom stereocenters. The van der Waals surface area contributed by atoms with E-state index in [1.807, 2.05) is 19.1 Å². The van der Waals surface area contributed by atoms with Crippen molar-refractivity contribution < 1.29 is 4.79 Å². The second-order valence-corrected chi connectivity index (χ2v) is 4.81. The number of nitrogens with zero attached hydrogens (tertiary/aromatic N) is 2. The van der Waals surface area contributed by atoms with E-state index >= 15 is 0 Å². The fourth-order valence-corrected chi connectivity index (χ4v) is 1.69. The number of nitrogens with one attached hydrogen (secondary N) is 3. The number of hydrogen-bond donors (Lipinski definition) is 3. The van der Waals surface area contributed by atoms with E-state index in [1.165, 1.54) is 0 Å². The number of aryl methyl sites for hydroxylation is 1. The summed E-state index contributed by atoms with van der Waals surface area (Å²) in [6, 6.07) is 10.4. The largest absolute Gasteiger partial charge is 0.367 e. The molecule has 2 amide bonds. The number of carbonyl (C=O) groups is 1. The zero-order valence-corrected chi connectivity index (χ0v) is 12.3. The van der Waals surface area contributed by atoms with Crippen LogP contribution in [0.25, 0.3) is 0 Å². The molecule has 0 spiro atoms. The maximum Gasteiger partial charge on any atom is 0.319 e. The number of amides is 2. The lowest BCUT2D eigenvalue weighted by molar-refractivity contribution is 0.252. The van der Waals surface area contributed by atoms with Crippen molar-refractivity contribution in [2.24, 2.45) is 0 Å². The molecule has 0 saturated carbocycles. The van der Waals surface area contributed by atoms with E-state index in [0.29, 0.717) is 29.6 Å². The standard InChI is InChI=1S/C14H16ClN5O/c1-10-2-7-13(20-19-10)16-8-9-17-14(21)18-12-5-3-11(15)4-6-12/h2-7H,8-9H2,1H3,(H,16,20)(H2,17,18,21). The van der Waals surface area contributed by atoms with Crippen molar-refractivity contribution in [3.63, 3.8) is 0 Å². The van der Waals surface area contributed by atoms with E-state index < -0.39 is 0 Å². The first kappa shape index (κ1) is 15.1. The van der Waals surface area contributed by atoms with Gasteiger partial charge in [-0.15, -0.1) is 5.10 Å². The smallest absolute Gasteiger partial charge is 0.319 e. The number of hydrogen-bond acceptors (Lipinski definition) is 4. The number of anilines is 2. The van der Waals surface area contributed by atoms with Crippen molar-refractivity contribution >= 4 is 29.1 Å². The second-order valence-electron chi connectivity index (χ2n) is 4.37. The Morgan fingerprint density at radius 1 is 1.10 bits per heavy atom. The zero-order chi connectivity index (χ0) is 15.1. The van der Waals surface area contributed by atoms with Crippen LogP contribution in [-0.2, 0) is 0 Å². The Balaban J connectivity index is 1.67. The minimum atomic E-state index is -0.269. The van der Waals surface area contributed by atoms with Crippen LogP contribution in [0.3, 0.4) is 0 Å². The van der Waals surface area contributed by atoms with E-state index in [9.17, 15) is 4.79 Å². The minimum Gasteiger partial charge on any atom is -0.367 e. The molecule has 1 aromatic carbocycles. The maximum atomic E-state index is 11.6. The lowest BCUT2D eigenvalue weighted by Gasteiger charge is -2.08. The topological polar surface area (TPSA) is 78.9 Å². The van der Waals surface area contributed by atoms with E-state index in [4.69, 9.17) is 11.6 Å². The molecule has 0 aliphatic heterocycles. The number of aromatic nitrogens is 2. The summed E-state index contributed by atoms with van der Waals surface area (Å²) in [7, 11) is 0. The lowest BCUT2D eigenvalue weighted by Crippen LogP contribution is -2.32. The summed E-state index contributed by atoms with van der Waals surface area (Å²) in [5, 5.41) is 17.0. The van der Waals surface area contributed by atoms with Crippen LogP contribution in [-0.4, -0.2) is 29.3 Å². The van der Waals surface area contributed by atoms with Gasteiger partial charge in [0, 0.05) is 23.8 Å². The molecule has 0 aliphatic carbocycles. The molecule has 7 heteroatoms. The Bertz CT molecular complexity index is 585. The van der Waals surface area contributed by atoms with Gasteiger partial charge in [0.15, 0.2) is 0 Å². The Kier molecular flexibility index (Phi) is 5.34. The minimum absolute atomic E-state index is 0.269. The van der Waals surface area contributed by atoms with Crippen LogP contribution >= 0.6 is 11.6 Å². The molecule has 0 aliphatic rings. The summed E-state index contributed by atoms with van der Waals surface area (Å²) in [6.07, 6.45) is 0. The van der Waals surface area contributed by atoms with Crippen LogP contribution in [0, 0.1) is 6.92 Å². The van der Waals surface area contributed by atoms with Crippen LogP contribution in [0.4, 0.5) is 16.3 Å². The molecule has 110 valence electrons. The van der Waals surface area contributed by atoms with Gasteiger partial charge < -0.3 is 16.0 Å². The van der Waals surface area contributed by atoms with Crippen LogP contribution in [0.1, 0.15) is 5.69 Å². The second kappa shape index (κ2) is 7.44. The number of benzene rings is 1. The summed E-state index contributed by atoms with van der Waals surface area (Å²) in [5.41, 5.74) is 1.55. The molecule has 1 heterocycles. The first-order valence-electron chi connectivity index (χ1n) is 6.48. The van der Waals surface area contributed by atoms with Crippen LogP contribution in [0.5, 0.6) is 0 Å². The first-order chi connectivity index (χ1) is 10.1. The van der Waals surface area contributed by atoms with Crippen LogP contribution in [0.15, 0.2) is 36.4 Å². The molecule has 6 nitrogen and oxygen atoms in total. The predicted octanol–water partition coefficient (Wildman–Crippen LogP) is 2.67. The molecule has 0 fully saturated rings. The molecule has 1 aromatic heterocycles. The monoisotopic (exact) mass is 305 g/mol. The Hall–Kier alpha value is -2.34. The highest BCUT2D eigenvalue weighted by Gasteiger charge is 2.01. The predicted molar refractivity (Wildman–Crippen MR) is 83.7 cm³/mol. The molecular weight excluding hydrogens is 290 g/mol. The maximum absolute atomic E-state index is 11.6. The average Bonchev–Trinajstić information content (AvgIpc) is 2.48. The number of rotatable bonds is 5. The molecular formula is C14H16ClN5O. The molecule has 0 saturated heterocycles. The molecule has 3 N–H and O–H groups in total. The number of halogens is 1. The highest BCUT2D eigenvalue weighted by atomic mass is 35.5. The SMILES string of the molecule is Cc1ccc(NCCNC(=O)Nc2ccc(Cl)cc2)nn1. The molecule has 0 radical (unpaired) electrons. The summed E-state index contributed by atoms with van der Waals surface area (Å²) in [6.45, 7) is 2.90. The number of carbonyl (C=O) groups excluding carboxylic acids is 1. The zero-order valence-electron chi connectivity index (χ0n) is 11.6. The van der Waals surface area contributed by atoms with Crippen molar-refractivity contribution in [1.82, 2.24) is 15.5 Å². The van der Waals surface area contributed by atoms with Crippen LogP contribution < -0.4 is 16.0 Å². The fraction of sp³-hybridized carbons (Fsp3) is 0.214. The lowest BCUT2D eigenvalue weighted by atomic mass is 10.3. The summed E-state index contributed by atoms with van der Waals surface area (Å²) >= 11 is 5.77. The van der Waals surface area contributed by atoms with Crippen molar-refractivity contribution in [1.29, 1.82) is 0 Å². The van der Waals surface area contributed by atoms with Gasteiger partial charge in [-0.3, -0.25) is 0 Å². The third kappa shape index (κ3) is 5.27. The van der Waals surface area contributed by atoms with Gasteiger partial charge in [-0.2, -0.15) is 5.10 Å². The van der Waals surface area contributed by atoms with Gasteiger partial charge in [0.05, 0.1) is 5.69 Å².